The highest BCUT2D eigenvalue weighted by molar-refractivity contribution is 5.89. The molecule has 2 heterocycles. The number of rotatable bonds is 7. The zero-order valence-electron chi connectivity index (χ0n) is 24.0. The third-order valence-electron chi connectivity index (χ3n) is 8.84. The second kappa shape index (κ2) is 12.8. The van der Waals surface area contributed by atoms with E-state index in [4.69, 9.17) is 11.5 Å². The molecule has 4 rings (SSSR count). The molecule has 11 nitrogen and oxygen atoms in total. The highest BCUT2D eigenvalue weighted by Gasteiger charge is 2.32. The van der Waals surface area contributed by atoms with Crippen LogP contribution < -0.4 is 22.5 Å². The van der Waals surface area contributed by atoms with Crippen molar-refractivity contribution in [3.05, 3.63) is 22.7 Å². The van der Waals surface area contributed by atoms with Crippen molar-refractivity contribution in [3.63, 3.8) is 0 Å². The smallest absolute Gasteiger partial charge is 0.338 e. The van der Waals surface area contributed by atoms with Gasteiger partial charge in [-0.2, -0.15) is 4.98 Å². The topological polar surface area (TPSA) is 143 Å². The molecule has 0 unspecified atom stereocenters. The van der Waals surface area contributed by atoms with Gasteiger partial charge in [-0.15, -0.1) is 0 Å². The first-order chi connectivity index (χ1) is 18.5. The molecule has 0 bridgehead atoms. The van der Waals surface area contributed by atoms with Crippen molar-refractivity contribution in [1.29, 1.82) is 0 Å². The molecule has 1 aliphatic heterocycles. The van der Waals surface area contributed by atoms with E-state index in [1.165, 1.54) is 12.8 Å². The van der Waals surface area contributed by atoms with Crippen molar-refractivity contribution in [1.82, 2.24) is 24.3 Å². The predicted octanol–water partition coefficient (Wildman–Crippen LogP) is 1.98. The first-order valence-electron chi connectivity index (χ1n) is 14.8. The van der Waals surface area contributed by atoms with Crippen LogP contribution in [0.3, 0.4) is 0 Å². The fraction of sp³-hybridized carbons (Fsp3) is 0.786. The summed E-state index contributed by atoms with van der Waals surface area (Å²) in [4.78, 5) is 48.1. The van der Waals surface area contributed by atoms with E-state index in [0.717, 1.165) is 51.6 Å². The highest BCUT2D eigenvalue weighted by Crippen LogP contribution is 2.33. The summed E-state index contributed by atoms with van der Waals surface area (Å²) >= 11 is 0. The lowest BCUT2D eigenvalue weighted by Crippen LogP contribution is -2.58. The molecule has 0 radical (unpaired) electrons. The van der Waals surface area contributed by atoms with Crippen LogP contribution in [0.2, 0.25) is 0 Å². The number of carbonyl (C=O) groups excluding carboxylic acids is 2. The molecule has 218 valence electrons. The molecule has 1 aromatic heterocycles. The Morgan fingerprint density at radius 2 is 1.64 bits per heavy atom. The van der Waals surface area contributed by atoms with Gasteiger partial charge in [-0.3, -0.25) is 14.7 Å². The monoisotopic (exact) mass is 544 g/mol. The van der Waals surface area contributed by atoms with E-state index in [0.29, 0.717) is 44.2 Å². The second-order valence-corrected chi connectivity index (χ2v) is 12.3. The summed E-state index contributed by atoms with van der Waals surface area (Å²) in [5, 5.41) is 2.75. The van der Waals surface area contributed by atoms with Crippen LogP contribution in [0.4, 0.5) is 10.6 Å². The van der Waals surface area contributed by atoms with Gasteiger partial charge in [-0.25, -0.2) is 9.59 Å². The molecule has 11 heteroatoms. The Bertz CT molecular complexity index is 1030. The van der Waals surface area contributed by atoms with Crippen molar-refractivity contribution in [2.75, 3.05) is 44.6 Å². The van der Waals surface area contributed by atoms with Crippen LogP contribution >= 0.6 is 0 Å². The molecule has 3 aliphatic rings. The molecule has 5 N–H and O–H groups in total. The number of urea groups is 1. The van der Waals surface area contributed by atoms with Gasteiger partial charge in [0.15, 0.2) is 0 Å². The Labute approximate surface area is 232 Å². The molecule has 0 spiro atoms. The second-order valence-electron chi connectivity index (χ2n) is 12.3. The van der Waals surface area contributed by atoms with Gasteiger partial charge in [-0.1, -0.05) is 6.92 Å². The SMILES string of the molecule is CCN(CC1CCC(n2ccc(NC(=O)N3CCN(C(=O)C(C)(C)N)CC3)nc2=O)CC1)C1CCC(N)CC1. The van der Waals surface area contributed by atoms with Crippen LogP contribution in [0.15, 0.2) is 17.1 Å². The number of nitrogens with zero attached hydrogens (tertiary/aromatic N) is 5. The van der Waals surface area contributed by atoms with E-state index in [1.54, 1.807) is 40.5 Å². The lowest BCUT2D eigenvalue weighted by molar-refractivity contribution is -0.137. The van der Waals surface area contributed by atoms with E-state index < -0.39 is 5.54 Å². The summed E-state index contributed by atoms with van der Waals surface area (Å²) in [6.45, 7) is 9.49. The molecule has 2 saturated carbocycles. The number of anilines is 1. The van der Waals surface area contributed by atoms with Gasteiger partial charge in [0.2, 0.25) is 5.91 Å². The minimum atomic E-state index is -0.933. The lowest BCUT2D eigenvalue weighted by atomic mass is 9.84. The average molecular weight is 545 g/mol. The first-order valence-corrected chi connectivity index (χ1v) is 14.8. The number of hydrogen-bond donors (Lipinski definition) is 3. The third-order valence-corrected chi connectivity index (χ3v) is 8.84. The molecular weight excluding hydrogens is 496 g/mol. The minimum Gasteiger partial charge on any atom is -0.338 e. The predicted molar refractivity (Wildman–Crippen MR) is 152 cm³/mol. The van der Waals surface area contributed by atoms with Crippen molar-refractivity contribution < 1.29 is 9.59 Å². The van der Waals surface area contributed by atoms with E-state index in [1.807, 2.05) is 0 Å². The third kappa shape index (κ3) is 7.58. The average Bonchev–Trinajstić information content (AvgIpc) is 2.92. The van der Waals surface area contributed by atoms with Crippen LogP contribution in [0, 0.1) is 5.92 Å². The number of piperazine rings is 1. The first kappa shape index (κ1) is 29.5. The zero-order chi connectivity index (χ0) is 28.2. The van der Waals surface area contributed by atoms with Crippen LogP contribution in [-0.2, 0) is 4.79 Å². The Balaban J connectivity index is 1.24. The molecule has 2 aliphatic carbocycles. The summed E-state index contributed by atoms with van der Waals surface area (Å²) in [5.74, 6) is 0.784. The summed E-state index contributed by atoms with van der Waals surface area (Å²) in [6.07, 6.45) is 10.6. The Hall–Kier alpha value is -2.50. The number of nitrogens with two attached hydrogens (primary N) is 2. The zero-order valence-corrected chi connectivity index (χ0v) is 24.0. The molecular formula is C28H48N8O3. The largest absolute Gasteiger partial charge is 0.349 e. The quantitative estimate of drug-likeness (QED) is 0.476. The summed E-state index contributed by atoms with van der Waals surface area (Å²) in [7, 11) is 0. The summed E-state index contributed by atoms with van der Waals surface area (Å²) < 4.78 is 1.73. The van der Waals surface area contributed by atoms with Gasteiger partial charge >= 0.3 is 11.7 Å². The van der Waals surface area contributed by atoms with Gasteiger partial charge in [-0.05, 0) is 83.7 Å². The number of aromatic nitrogens is 2. The number of carbonyl (C=O) groups is 2. The molecule has 0 atom stereocenters. The number of amides is 3. The van der Waals surface area contributed by atoms with Crippen LogP contribution in [0.5, 0.6) is 0 Å². The van der Waals surface area contributed by atoms with Crippen molar-refractivity contribution >= 4 is 17.8 Å². The molecule has 3 fully saturated rings. The summed E-state index contributed by atoms with van der Waals surface area (Å²) in [6, 6.07) is 2.56. The molecule has 3 amide bonds. The van der Waals surface area contributed by atoms with E-state index >= 15 is 0 Å². The van der Waals surface area contributed by atoms with Gasteiger partial charge < -0.3 is 26.2 Å². The van der Waals surface area contributed by atoms with Gasteiger partial charge in [0.05, 0.1) is 5.54 Å². The van der Waals surface area contributed by atoms with Crippen molar-refractivity contribution in [2.24, 2.45) is 17.4 Å². The summed E-state index contributed by atoms with van der Waals surface area (Å²) in [5.41, 5.74) is 10.8. The van der Waals surface area contributed by atoms with Gasteiger partial charge in [0.1, 0.15) is 5.82 Å². The van der Waals surface area contributed by atoms with E-state index in [-0.39, 0.29) is 29.5 Å². The maximum atomic E-state index is 12.9. The number of hydrogen-bond acceptors (Lipinski definition) is 7. The molecule has 1 saturated heterocycles. The Morgan fingerprint density at radius 3 is 2.21 bits per heavy atom. The Kier molecular flexibility index (Phi) is 9.66. The minimum absolute atomic E-state index is 0.126. The highest BCUT2D eigenvalue weighted by atomic mass is 16.2. The lowest BCUT2D eigenvalue weighted by Gasteiger charge is -2.39. The number of nitrogens with one attached hydrogen (secondary N) is 1. The van der Waals surface area contributed by atoms with Crippen LogP contribution in [0.25, 0.3) is 0 Å². The van der Waals surface area contributed by atoms with Gasteiger partial charge in [0, 0.05) is 57.0 Å². The van der Waals surface area contributed by atoms with E-state index in [9.17, 15) is 14.4 Å². The maximum Gasteiger partial charge on any atom is 0.349 e. The fourth-order valence-corrected chi connectivity index (χ4v) is 6.41. The maximum absolute atomic E-state index is 12.9. The standard InChI is InChI=1S/C28H48N8O3/c1-4-33(22-11-7-21(29)8-12-22)19-20-5-9-23(10-6-20)36-14-13-24(32-27(36)39)31-26(38)35-17-15-34(16-18-35)25(37)28(2,3)30/h13-14,20-23H,4-12,15-19,29-30H2,1-3H3,(H,31,32,38,39). The Morgan fingerprint density at radius 1 is 1.03 bits per heavy atom. The van der Waals surface area contributed by atoms with E-state index in [2.05, 4.69) is 22.1 Å². The van der Waals surface area contributed by atoms with Gasteiger partial charge in [0.25, 0.3) is 0 Å². The molecule has 1 aromatic rings. The normalized spacial score (nSPS) is 26.5. The molecule has 0 aromatic carbocycles. The van der Waals surface area contributed by atoms with Crippen molar-refractivity contribution in [3.8, 4) is 0 Å². The molecule has 39 heavy (non-hydrogen) atoms. The van der Waals surface area contributed by atoms with Crippen molar-refractivity contribution in [2.45, 2.75) is 95.8 Å². The van der Waals surface area contributed by atoms with Crippen LogP contribution in [-0.4, -0.2) is 93.1 Å². The van der Waals surface area contributed by atoms with Crippen LogP contribution in [0.1, 0.15) is 78.2 Å². The fourth-order valence-electron chi connectivity index (χ4n) is 6.41.